The average Bonchev–Trinajstić information content (AvgIpc) is 1.88. The van der Waals surface area contributed by atoms with Gasteiger partial charge in [0.2, 0.25) is 0 Å². The Hall–Kier alpha value is 0.319. The SMILES string of the molecule is NCCN.NCCN.O.[Cu]. The van der Waals surface area contributed by atoms with Crippen LogP contribution in [0.3, 0.4) is 0 Å². The largest absolute Gasteiger partial charge is 0.412 e. The molecule has 0 rings (SSSR count). The summed E-state index contributed by atoms with van der Waals surface area (Å²) >= 11 is 0. The second-order valence-corrected chi connectivity index (χ2v) is 1.15. The van der Waals surface area contributed by atoms with Crippen molar-refractivity contribution in [3.05, 3.63) is 0 Å². The predicted molar refractivity (Wildman–Crippen MR) is 39.8 cm³/mol. The van der Waals surface area contributed by atoms with Crippen molar-refractivity contribution >= 4 is 0 Å². The molecule has 10 heavy (non-hydrogen) atoms. The van der Waals surface area contributed by atoms with E-state index >= 15 is 0 Å². The zero-order valence-electron chi connectivity index (χ0n) is 5.94. The standard InChI is InChI=1S/2C2H8N2.Cu.H2O/c2*3-1-2-4;;/h2*1-4H2;;1H2. The van der Waals surface area contributed by atoms with Crippen molar-refractivity contribution in [2.24, 2.45) is 22.9 Å². The summed E-state index contributed by atoms with van der Waals surface area (Å²) in [5.74, 6) is 0. The van der Waals surface area contributed by atoms with E-state index in [4.69, 9.17) is 22.9 Å². The Morgan fingerprint density at radius 1 is 0.600 bits per heavy atom. The summed E-state index contributed by atoms with van der Waals surface area (Å²) in [4.78, 5) is 0. The Balaban J connectivity index is -0.0000000300. The van der Waals surface area contributed by atoms with Crippen molar-refractivity contribution in [1.82, 2.24) is 0 Å². The predicted octanol–water partition coefficient (Wildman–Crippen LogP) is -3.02. The van der Waals surface area contributed by atoms with Crippen molar-refractivity contribution in [2.75, 3.05) is 26.2 Å². The van der Waals surface area contributed by atoms with E-state index in [2.05, 4.69) is 0 Å². The van der Waals surface area contributed by atoms with Gasteiger partial charge in [0, 0.05) is 43.2 Å². The number of hydrogen-bond acceptors (Lipinski definition) is 4. The molecule has 5 nitrogen and oxygen atoms in total. The molecule has 0 heterocycles. The number of hydrogen-bond donors (Lipinski definition) is 4. The monoisotopic (exact) mass is 201 g/mol. The van der Waals surface area contributed by atoms with Crippen LogP contribution in [0.2, 0.25) is 0 Å². The van der Waals surface area contributed by atoms with Gasteiger partial charge in [0.15, 0.2) is 0 Å². The van der Waals surface area contributed by atoms with Gasteiger partial charge in [-0.05, 0) is 0 Å². The van der Waals surface area contributed by atoms with Gasteiger partial charge in [0.25, 0.3) is 0 Å². The Kier molecular flexibility index (Phi) is 77.6. The first kappa shape index (κ1) is 22.4. The van der Waals surface area contributed by atoms with Crippen molar-refractivity contribution in [3.8, 4) is 0 Å². The third-order valence-electron chi connectivity index (χ3n) is 0.333. The zero-order valence-corrected chi connectivity index (χ0v) is 6.88. The van der Waals surface area contributed by atoms with Crippen LogP contribution in [0.5, 0.6) is 0 Å². The first-order valence-electron chi connectivity index (χ1n) is 2.63. The molecule has 10 N–H and O–H groups in total. The summed E-state index contributed by atoms with van der Waals surface area (Å²) in [6.07, 6.45) is 0. The maximum absolute atomic E-state index is 4.90. The van der Waals surface area contributed by atoms with Gasteiger partial charge in [0.1, 0.15) is 0 Å². The average molecular weight is 202 g/mol. The summed E-state index contributed by atoms with van der Waals surface area (Å²) in [6.45, 7) is 2.39. The van der Waals surface area contributed by atoms with Gasteiger partial charge in [-0.3, -0.25) is 0 Å². The summed E-state index contributed by atoms with van der Waals surface area (Å²) in [5.41, 5.74) is 19.6. The summed E-state index contributed by atoms with van der Waals surface area (Å²) in [5, 5.41) is 0. The smallest absolute Gasteiger partial charge is 0.00461 e. The van der Waals surface area contributed by atoms with Gasteiger partial charge < -0.3 is 28.4 Å². The molecule has 0 saturated heterocycles. The molecule has 0 aromatic carbocycles. The number of rotatable bonds is 2. The van der Waals surface area contributed by atoms with Gasteiger partial charge in [0.05, 0.1) is 0 Å². The quantitative estimate of drug-likeness (QED) is 0.354. The van der Waals surface area contributed by atoms with Crippen LogP contribution in [0.25, 0.3) is 0 Å². The molecule has 0 aromatic rings. The van der Waals surface area contributed by atoms with E-state index in [9.17, 15) is 0 Å². The molecule has 0 bridgehead atoms. The molecular formula is C4H18CuN4O. The molecule has 0 amide bonds. The minimum absolute atomic E-state index is 0. The zero-order chi connectivity index (χ0) is 6.83. The van der Waals surface area contributed by atoms with E-state index in [0.717, 1.165) is 0 Å². The van der Waals surface area contributed by atoms with Crippen molar-refractivity contribution in [3.63, 3.8) is 0 Å². The fourth-order valence-corrected chi connectivity index (χ4v) is 0. The third-order valence-corrected chi connectivity index (χ3v) is 0.333. The topological polar surface area (TPSA) is 136 Å². The molecule has 0 aromatic heterocycles. The van der Waals surface area contributed by atoms with E-state index in [0.29, 0.717) is 26.2 Å². The van der Waals surface area contributed by atoms with Crippen LogP contribution in [0.1, 0.15) is 0 Å². The molecule has 0 aliphatic carbocycles. The van der Waals surface area contributed by atoms with Crippen molar-refractivity contribution in [2.45, 2.75) is 0 Å². The van der Waals surface area contributed by atoms with Crippen LogP contribution in [-0.2, 0) is 17.1 Å². The van der Waals surface area contributed by atoms with Crippen LogP contribution in [-0.4, -0.2) is 31.7 Å². The Labute approximate surface area is 72.3 Å². The molecule has 0 atom stereocenters. The molecule has 0 aliphatic rings. The minimum Gasteiger partial charge on any atom is -0.412 e. The molecule has 6 heteroatoms. The van der Waals surface area contributed by atoms with E-state index in [1.165, 1.54) is 0 Å². The molecule has 1 radical (unpaired) electrons. The van der Waals surface area contributed by atoms with E-state index in [1.54, 1.807) is 0 Å². The fraction of sp³-hybridized carbons (Fsp3) is 1.00. The van der Waals surface area contributed by atoms with Gasteiger partial charge in [-0.1, -0.05) is 0 Å². The molecule has 0 aliphatic heterocycles. The third kappa shape index (κ3) is 82.8. The first-order valence-corrected chi connectivity index (χ1v) is 2.63. The van der Waals surface area contributed by atoms with Gasteiger partial charge >= 0.3 is 0 Å². The second-order valence-electron chi connectivity index (χ2n) is 1.15. The maximum atomic E-state index is 4.90. The summed E-state index contributed by atoms with van der Waals surface area (Å²) in [6, 6.07) is 0. The second kappa shape index (κ2) is 34.6. The van der Waals surface area contributed by atoms with Crippen LogP contribution in [0.4, 0.5) is 0 Å². The van der Waals surface area contributed by atoms with Gasteiger partial charge in [-0.25, -0.2) is 0 Å². The van der Waals surface area contributed by atoms with E-state index < -0.39 is 0 Å². The molecule has 71 valence electrons. The van der Waals surface area contributed by atoms with Crippen LogP contribution >= 0.6 is 0 Å². The van der Waals surface area contributed by atoms with Crippen LogP contribution in [0, 0.1) is 0 Å². The first-order chi connectivity index (χ1) is 3.83. The molecule has 0 fully saturated rings. The summed E-state index contributed by atoms with van der Waals surface area (Å²) in [7, 11) is 0. The van der Waals surface area contributed by atoms with Gasteiger partial charge in [-0.15, -0.1) is 0 Å². The molecule has 0 saturated carbocycles. The van der Waals surface area contributed by atoms with E-state index in [-0.39, 0.29) is 22.5 Å². The van der Waals surface area contributed by atoms with Gasteiger partial charge in [-0.2, -0.15) is 0 Å². The molecular weight excluding hydrogens is 184 g/mol. The van der Waals surface area contributed by atoms with Crippen LogP contribution in [0.15, 0.2) is 0 Å². The van der Waals surface area contributed by atoms with E-state index in [1.807, 2.05) is 0 Å². The molecule has 0 spiro atoms. The Morgan fingerprint density at radius 2 is 0.700 bits per heavy atom. The minimum atomic E-state index is 0. The van der Waals surface area contributed by atoms with Crippen molar-refractivity contribution < 1.29 is 22.5 Å². The van der Waals surface area contributed by atoms with Crippen LogP contribution < -0.4 is 22.9 Å². The fourth-order valence-electron chi connectivity index (χ4n) is 0. The number of nitrogens with two attached hydrogens (primary N) is 4. The van der Waals surface area contributed by atoms with Crippen molar-refractivity contribution in [1.29, 1.82) is 0 Å². The molecule has 0 unspecified atom stereocenters. The maximum Gasteiger partial charge on any atom is 0.00461 e. The Morgan fingerprint density at radius 3 is 0.700 bits per heavy atom. The normalized spacial score (nSPS) is 6.00. The summed E-state index contributed by atoms with van der Waals surface area (Å²) < 4.78 is 0. The Bertz CT molecular complexity index is 25.2.